The Morgan fingerprint density at radius 1 is 1.20 bits per heavy atom. The molecule has 0 saturated heterocycles. The van der Waals surface area contributed by atoms with Crippen LogP contribution in [0, 0.1) is 12.3 Å². The molecule has 1 aliphatic carbocycles. The van der Waals surface area contributed by atoms with E-state index in [4.69, 9.17) is 5.73 Å². The molecule has 0 bridgehead atoms. The zero-order valence-electron chi connectivity index (χ0n) is 17.5. The predicted molar refractivity (Wildman–Crippen MR) is 117 cm³/mol. The highest BCUT2D eigenvalue weighted by Gasteiger charge is 2.34. The minimum atomic E-state index is -0.485. The molecule has 1 aromatic carbocycles. The first-order valence-electron chi connectivity index (χ1n) is 10.1. The largest absolute Gasteiger partial charge is 0.380 e. The number of anilines is 1. The summed E-state index contributed by atoms with van der Waals surface area (Å²) in [4.78, 5) is 28.7. The van der Waals surface area contributed by atoms with Gasteiger partial charge in [-0.15, -0.1) is 0 Å². The molecule has 6 nitrogen and oxygen atoms in total. The van der Waals surface area contributed by atoms with E-state index in [0.717, 1.165) is 34.5 Å². The number of nitrogens with zero attached hydrogens (tertiary/aromatic N) is 2. The molecule has 4 rings (SSSR count). The monoisotopic (exact) mass is 402 g/mol. The quantitative estimate of drug-likeness (QED) is 0.674. The minimum absolute atomic E-state index is 0.0811. The van der Waals surface area contributed by atoms with Crippen molar-refractivity contribution in [2.45, 2.75) is 40.2 Å². The van der Waals surface area contributed by atoms with Gasteiger partial charge in [0, 0.05) is 54.2 Å². The Hall–Kier alpha value is -3.41. The second-order valence-corrected chi connectivity index (χ2v) is 8.75. The van der Waals surface area contributed by atoms with Gasteiger partial charge in [-0.3, -0.25) is 14.6 Å². The Balaban J connectivity index is 1.75. The number of benzene rings is 1. The summed E-state index contributed by atoms with van der Waals surface area (Å²) in [6, 6.07) is 9.38. The molecule has 2 aromatic heterocycles. The lowest BCUT2D eigenvalue weighted by Crippen LogP contribution is -2.28. The highest BCUT2D eigenvalue weighted by molar-refractivity contribution is 6.01. The normalized spacial score (nSPS) is 15.0. The second kappa shape index (κ2) is 7.44. The first kappa shape index (κ1) is 19.9. The number of primary amides is 1. The molecule has 0 atom stereocenters. The molecular formula is C24H26N4O2. The maximum atomic E-state index is 12.7. The number of nitrogens with two attached hydrogens (primary N) is 1. The van der Waals surface area contributed by atoms with Crippen LogP contribution in [-0.2, 0) is 13.0 Å². The van der Waals surface area contributed by atoms with Gasteiger partial charge in [0.15, 0.2) is 5.78 Å². The van der Waals surface area contributed by atoms with Crippen LogP contribution < -0.4 is 11.1 Å². The van der Waals surface area contributed by atoms with E-state index in [2.05, 4.69) is 28.7 Å². The van der Waals surface area contributed by atoms with Crippen LogP contribution in [0.3, 0.4) is 0 Å². The molecule has 0 saturated carbocycles. The SMILES string of the molecule is Cc1cn(-c2ccc(C(N)=O)c(NCc3ccncc3)c2)c2c1C(=O)CC(C)(C)C2. The van der Waals surface area contributed by atoms with Crippen LogP contribution in [0.1, 0.15) is 57.8 Å². The molecule has 0 fully saturated rings. The first-order chi connectivity index (χ1) is 14.2. The highest BCUT2D eigenvalue weighted by atomic mass is 16.1. The number of nitrogens with one attached hydrogen (secondary N) is 1. The third-order valence-electron chi connectivity index (χ3n) is 5.64. The number of hydrogen-bond acceptors (Lipinski definition) is 4. The molecule has 1 aliphatic rings. The molecular weight excluding hydrogens is 376 g/mol. The lowest BCUT2D eigenvalue weighted by molar-refractivity contribution is 0.0909. The summed E-state index contributed by atoms with van der Waals surface area (Å²) in [5, 5.41) is 3.32. The molecule has 0 radical (unpaired) electrons. The maximum Gasteiger partial charge on any atom is 0.250 e. The van der Waals surface area contributed by atoms with Crippen LogP contribution in [0.2, 0.25) is 0 Å². The van der Waals surface area contributed by atoms with Gasteiger partial charge in [-0.2, -0.15) is 0 Å². The van der Waals surface area contributed by atoms with Crippen LogP contribution >= 0.6 is 0 Å². The average molecular weight is 402 g/mol. The zero-order valence-corrected chi connectivity index (χ0v) is 17.5. The standard InChI is InChI=1S/C24H26N4O2/c1-15-14-28(20-11-24(2,3)12-21(29)22(15)20)17-4-5-18(23(25)30)19(10-17)27-13-16-6-8-26-9-7-16/h4-10,14,27H,11-13H2,1-3H3,(H2,25,30). The highest BCUT2D eigenvalue weighted by Crippen LogP contribution is 2.38. The lowest BCUT2D eigenvalue weighted by Gasteiger charge is -2.30. The fourth-order valence-corrected chi connectivity index (χ4v) is 4.25. The topological polar surface area (TPSA) is 90.0 Å². The van der Waals surface area contributed by atoms with E-state index in [1.54, 1.807) is 18.5 Å². The number of hydrogen-bond donors (Lipinski definition) is 2. The Bertz CT molecular complexity index is 1130. The summed E-state index contributed by atoms with van der Waals surface area (Å²) in [6.45, 7) is 6.77. The van der Waals surface area contributed by atoms with Gasteiger partial charge in [0.2, 0.25) is 0 Å². The van der Waals surface area contributed by atoms with Crippen LogP contribution in [0.5, 0.6) is 0 Å². The lowest BCUT2D eigenvalue weighted by atomic mass is 9.75. The van der Waals surface area contributed by atoms with Gasteiger partial charge in [0.1, 0.15) is 0 Å². The number of rotatable bonds is 5. The van der Waals surface area contributed by atoms with Gasteiger partial charge in [-0.1, -0.05) is 13.8 Å². The molecule has 0 unspecified atom stereocenters. The first-order valence-corrected chi connectivity index (χ1v) is 10.1. The predicted octanol–water partition coefficient (Wildman–Crippen LogP) is 4.05. The van der Waals surface area contributed by atoms with Crippen molar-refractivity contribution in [3.8, 4) is 5.69 Å². The van der Waals surface area contributed by atoms with Crippen LogP contribution in [0.4, 0.5) is 5.69 Å². The fourth-order valence-electron chi connectivity index (χ4n) is 4.25. The van der Waals surface area contributed by atoms with Crippen molar-refractivity contribution < 1.29 is 9.59 Å². The maximum absolute atomic E-state index is 12.7. The summed E-state index contributed by atoms with van der Waals surface area (Å²) in [7, 11) is 0. The van der Waals surface area contributed by atoms with Crippen molar-refractivity contribution in [1.29, 1.82) is 0 Å². The third kappa shape index (κ3) is 3.73. The van der Waals surface area contributed by atoms with Crippen molar-refractivity contribution >= 4 is 17.4 Å². The van der Waals surface area contributed by atoms with Crippen LogP contribution in [-0.4, -0.2) is 21.2 Å². The van der Waals surface area contributed by atoms with E-state index < -0.39 is 5.91 Å². The number of Topliss-reactive ketones (excluding diaryl/α,β-unsaturated/α-hetero) is 1. The summed E-state index contributed by atoms with van der Waals surface area (Å²) in [5.74, 6) is -0.289. The Morgan fingerprint density at radius 3 is 2.63 bits per heavy atom. The third-order valence-corrected chi connectivity index (χ3v) is 5.64. The van der Waals surface area contributed by atoms with Crippen molar-refractivity contribution in [1.82, 2.24) is 9.55 Å². The number of aryl methyl sites for hydroxylation is 1. The smallest absolute Gasteiger partial charge is 0.250 e. The van der Waals surface area contributed by atoms with Gasteiger partial charge in [-0.05, 0) is 60.2 Å². The number of carbonyl (C=O) groups excluding carboxylic acids is 2. The molecule has 0 aliphatic heterocycles. The van der Waals surface area contributed by atoms with Crippen LogP contribution in [0.15, 0.2) is 48.9 Å². The second-order valence-electron chi connectivity index (χ2n) is 8.75. The molecule has 30 heavy (non-hydrogen) atoms. The number of carbonyl (C=O) groups is 2. The van der Waals surface area contributed by atoms with Crippen molar-refractivity contribution in [3.05, 3.63) is 76.9 Å². The average Bonchev–Trinajstić information content (AvgIpc) is 3.02. The van der Waals surface area contributed by atoms with E-state index in [0.29, 0.717) is 24.2 Å². The molecule has 6 heteroatoms. The Kier molecular flexibility index (Phi) is 4.94. The zero-order chi connectivity index (χ0) is 21.5. The number of aromatic nitrogens is 2. The number of amides is 1. The van der Waals surface area contributed by atoms with Crippen molar-refractivity contribution in [2.24, 2.45) is 11.1 Å². The molecule has 3 aromatic rings. The number of pyridine rings is 1. The molecule has 1 amide bonds. The van der Waals surface area contributed by atoms with E-state index in [-0.39, 0.29) is 11.2 Å². The molecule has 154 valence electrons. The van der Waals surface area contributed by atoms with Gasteiger partial charge in [-0.25, -0.2) is 0 Å². The number of fused-ring (bicyclic) bond motifs is 1. The van der Waals surface area contributed by atoms with E-state index >= 15 is 0 Å². The summed E-state index contributed by atoms with van der Waals surface area (Å²) in [6.07, 6.45) is 6.85. The molecule has 3 N–H and O–H groups in total. The Morgan fingerprint density at radius 2 is 1.93 bits per heavy atom. The Labute approximate surface area is 176 Å². The van der Waals surface area contributed by atoms with Crippen LogP contribution in [0.25, 0.3) is 5.69 Å². The van der Waals surface area contributed by atoms with E-state index in [9.17, 15) is 9.59 Å². The van der Waals surface area contributed by atoms with Gasteiger partial charge in [0.25, 0.3) is 5.91 Å². The minimum Gasteiger partial charge on any atom is -0.380 e. The summed E-state index contributed by atoms with van der Waals surface area (Å²) >= 11 is 0. The number of ketones is 1. The van der Waals surface area contributed by atoms with E-state index in [1.807, 2.05) is 37.4 Å². The van der Waals surface area contributed by atoms with Gasteiger partial charge >= 0.3 is 0 Å². The van der Waals surface area contributed by atoms with Gasteiger partial charge < -0.3 is 15.6 Å². The fraction of sp³-hybridized carbons (Fsp3) is 0.292. The summed E-state index contributed by atoms with van der Waals surface area (Å²) < 4.78 is 2.08. The van der Waals surface area contributed by atoms with E-state index in [1.165, 1.54) is 0 Å². The van der Waals surface area contributed by atoms with Crippen molar-refractivity contribution in [2.75, 3.05) is 5.32 Å². The molecule has 0 spiro atoms. The van der Waals surface area contributed by atoms with Crippen molar-refractivity contribution in [3.63, 3.8) is 0 Å². The molecule has 2 heterocycles. The summed E-state index contributed by atoms with van der Waals surface area (Å²) in [5.41, 5.74) is 11.4. The van der Waals surface area contributed by atoms with Gasteiger partial charge in [0.05, 0.1) is 5.56 Å².